The standard InChI is InChI=1S/C29H32N4O3S2.ClH/c1-4-21-11-16-25-27(20-21)37-29(30-25)32(19-18-31(2)3)28(34)23-12-14-24(15-13-23)38(35,36)33-17-7-9-22-8-5-6-10-26(22)33;/h5-6,8,10-16,20H,4,7,9,17-19H2,1-3H3;1H. The lowest BCUT2D eigenvalue weighted by Crippen LogP contribution is -2.37. The van der Waals surface area contributed by atoms with Crippen LogP contribution in [0.1, 0.15) is 34.8 Å². The molecule has 206 valence electrons. The van der Waals surface area contributed by atoms with Crippen LogP contribution in [0.3, 0.4) is 0 Å². The molecule has 0 spiro atoms. The molecular weight excluding hydrogens is 552 g/mol. The maximum Gasteiger partial charge on any atom is 0.264 e. The quantitative estimate of drug-likeness (QED) is 0.268. The minimum atomic E-state index is -3.74. The van der Waals surface area contributed by atoms with Gasteiger partial charge in [0.05, 0.1) is 20.8 Å². The number of carbonyl (C=O) groups excluding carboxylic acids is 1. The fraction of sp³-hybridized carbons (Fsp3) is 0.310. The third kappa shape index (κ3) is 5.96. The Balaban J connectivity index is 0.00000353. The van der Waals surface area contributed by atoms with Gasteiger partial charge in [0, 0.05) is 25.2 Å². The van der Waals surface area contributed by atoms with Gasteiger partial charge in [-0.15, -0.1) is 12.4 Å². The molecule has 4 aromatic rings. The number of rotatable bonds is 8. The molecule has 0 atom stereocenters. The molecule has 0 saturated heterocycles. The average molecular weight is 585 g/mol. The summed E-state index contributed by atoms with van der Waals surface area (Å²) in [7, 11) is 0.186. The number of carbonyl (C=O) groups is 1. The van der Waals surface area contributed by atoms with Crippen LogP contribution in [0.2, 0.25) is 0 Å². The van der Waals surface area contributed by atoms with Crippen LogP contribution in [0.25, 0.3) is 10.2 Å². The van der Waals surface area contributed by atoms with Gasteiger partial charge in [-0.3, -0.25) is 14.0 Å². The van der Waals surface area contributed by atoms with E-state index in [-0.39, 0.29) is 23.2 Å². The Kier molecular flexibility index (Phi) is 8.96. The molecule has 1 aliphatic rings. The van der Waals surface area contributed by atoms with Crippen molar-refractivity contribution in [2.45, 2.75) is 31.1 Å². The molecule has 0 unspecified atom stereocenters. The van der Waals surface area contributed by atoms with Crippen molar-refractivity contribution in [2.75, 3.05) is 42.9 Å². The van der Waals surface area contributed by atoms with Gasteiger partial charge >= 0.3 is 0 Å². The van der Waals surface area contributed by atoms with E-state index in [0.717, 1.165) is 40.7 Å². The molecule has 5 rings (SSSR count). The minimum Gasteiger partial charge on any atom is -0.308 e. The molecule has 1 aliphatic heterocycles. The van der Waals surface area contributed by atoms with Gasteiger partial charge in [0.15, 0.2) is 5.13 Å². The van der Waals surface area contributed by atoms with Crippen molar-refractivity contribution < 1.29 is 13.2 Å². The summed E-state index contributed by atoms with van der Waals surface area (Å²) in [5, 5.41) is 0.640. The lowest BCUT2D eigenvalue weighted by atomic mass is 10.0. The molecule has 2 heterocycles. The lowest BCUT2D eigenvalue weighted by Gasteiger charge is -2.30. The normalized spacial score (nSPS) is 13.3. The molecule has 10 heteroatoms. The number of aromatic nitrogens is 1. The third-order valence-electron chi connectivity index (χ3n) is 6.85. The number of hydrogen-bond acceptors (Lipinski definition) is 6. The zero-order chi connectivity index (χ0) is 26.9. The molecule has 0 saturated carbocycles. The number of benzene rings is 3. The van der Waals surface area contributed by atoms with Crippen LogP contribution < -0.4 is 9.21 Å². The molecule has 0 radical (unpaired) electrons. The predicted octanol–water partition coefficient (Wildman–Crippen LogP) is 5.63. The fourth-order valence-electron chi connectivity index (χ4n) is 4.68. The Morgan fingerprint density at radius 2 is 1.77 bits per heavy atom. The monoisotopic (exact) mass is 584 g/mol. The van der Waals surface area contributed by atoms with Crippen LogP contribution in [0.15, 0.2) is 71.6 Å². The highest BCUT2D eigenvalue weighted by Gasteiger charge is 2.29. The molecule has 0 fully saturated rings. The minimum absolute atomic E-state index is 0. The Morgan fingerprint density at radius 3 is 2.49 bits per heavy atom. The Morgan fingerprint density at radius 1 is 1.03 bits per heavy atom. The van der Waals surface area contributed by atoms with E-state index in [2.05, 4.69) is 19.1 Å². The van der Waals surface area contributed by atoms with E-state index in [0.29, 0.717) is 30.3 Å². The number of halogens is 1. The topological polar surface area (TPSA) is 73.8 Å². The first-order chi connectivity index (χ1) is 18.3. The van der Waals surface area contributed by atoms with Gasteiger partial charge in [-0.1, -0.05) is 42.5 Å². The number of thiazole rings is 1. The molecule has 39 heavy (non-hydrogen) atoms. The van der Waals surface area contributed by atoms with Gasteiger partial charge in [0.25, 0.3) is 15.9 Å². The van der Waals surface area contributed by atoms with E-state index in [4.69, 9.17) is 4.98 Å². The summed E-state index contributed by atoms with van der Waals surface area (Å²) >= 11 is 1.50. The van der Waals surface area contributed by atoms with Crippen LogP contribution in [0.4, 0.5) is 10.8 Å². The number of aryl methyl sites for hydroxylation is 2. The van der Waals surface area contributed by atoms with Gasteiger partial charge in [-0.25, -0.2) is 13.4 Å². The zero-order valence-corrected chi connectivity index (χ0v) is 24.8. The summed E-state index contributed by atoms with van der Waals surface area (Å²) in [6, 6.07) is 20.1. The van der Waals surface area contributed by atoms with Crippen molar-refractivity contribution >= 4 is 60.7 Å². The number of amides is 1. The van der Waals surface area contributed by atoms with Crippen molar-refractivity contribution in [3.8, 4) is 0 Å². The largest absolute Gasteiger partial charge is 0.308 e. The molecule has 1 amide bonds. The number of para-hydroxylation sites is 1. The average Bonchev–Trinajstić information content (AvgIpc) is 3.35. The van der Waals surface area contributed by atoms with Crippen LogP contribution in [-0.2, 0) is 22.9 Å². The second kappa shape index (κ2) is 12.0. The van der Waals surface area contributed by atoms with E-state index in [9.17, 15) is 13.2 Å². The molecule has 3 aromatic carbocycles. The number of likely N-dealkylation sites (N-methyl/N-ethyl adjacent to an activating group) is 1. The second-order valence-electron chi connectivity index (χ2n) is 9.75. The molecule has 7 nitrogen and oxygen atoms in total. The maximum absolute atomic E-state index is 13.7. The van der Waals surface area contributed by atoms with E-state index in [1.807, 2.05) is 49.3 Å². The van der Waals surface area contributed by atoms with E-state index in [1.54, 1.807) is 17.0 Å². The molecule has 0 bridgehead atoms. The van der Waals surface area contributed by atoms with Crippen LogP contribution >= 0.6 is 23.7 Å². The first kappa shape index (κ1) is 29.0. The van der Waals surface area contributed by atoms with Crippen LogP contribution in [0.5, 0.6) is 0 Å². The highest BCUT2D eigenvalue weighted by molar-refractivity contribution is 7.92. The number of fused-ring (bicyclic) bond motifs is 2. The highest BCUT2D eigenvalue weighted by atomic mass is 35.5. The highest BCUT2D eigenvalue weighted by Crippen LogP contribution is 2.33. The molecule has 1 aromatic heterocycles. The molecule has 0 aliphatic carbocycles. The lowest BCUT2D eigenvalue weighted by molar-refractivity contribution is 0.0985. The Labute approximate surface area is 240 Å². The Hall–Kier alpha value is -2.98. The van der Waals surface area contributed by atoms with Crippen molar-refractivity contribution in [3.63, 3.8) is 0 Å². The van der Waals surface area contributed by atoms with E-state index in [1.165, 1.54) is 33.3 Å². The van der Waals surface area contributed by atoms with Crippen molar-refractivity contribution in [1.29, 1.82) is 0 Å². The zero-order valence-electron chi connectivity index (χ0n) is 22.3. The van der Waals surface area contributed by atoms with Crippen LogP contribution in [0, 0.1) is 0 Å². The molecule has 0 N–H and O–H groups in total. The van der Waals surface area contributed by atoms with E-state index < -0.39 is 10.0 Å². The maximum atomic E-state index is 13.7. The number of hydrogen-bond donors (Lipinski definition) is 0. The van der Waals surface area contributed by atoms with E-state index >= 15 is 0 Å². The van der Waals surface area contributed by atoms with Gasteiger partial charge < -0.3 is 4.90 Å². The van der Waals surface area contributed by atoms with Gasteiger partial charge in [0.1, 0.15) is 0 Å². The first-order valence-electron chi connectivity index (χ1n) is 12.8. The van der Waals surface area contributed by atoms with Crippen molar-refractivity contribution in [1.82, 2.24) is 9.88 Å². The summed E-state index contributed by atoms with van der Waals surface area (Å²) in [6.07, 6.45) is 2.57. The fourth-order valence-corrected chi connectivity index (χ4v) is 7.27. The number of anilines is 2. The smallest absolute Gasteiger partial charge is 0.264 e. The van der Waals surface area contributed by atoms with Gasteiger partial charge in [0.2, 0.25) is 0 Å². The number of nitrogens with zero attached hydrogens (tertiary/aromatic N) is 4. The summed E-state index contributed by atoms with van der Waals surface area (Å²) in [6.45, 7) is 3.69. The summed E-state index contributed by atoms with van der Waals surface area (Å²) in [4.78, 5) is 22.3. The summed E-state index contributed by atoms with van der Waals surface area (Å²) < 4.78 is 29.6. The SMILES string of the molecule is CCc1ccc2nc(N(CCN(C)C)C(=O)c3ccc(S(=O)(=O)N4CCCc5ccccc54)cc3)sc2c1.Cl. The van der Waals surface area contributed by atoms with Gasteiger partial charge in [-0.2, -0.15) is 0 Å². The van der Waals surface area contributed by atoms with Crippen molar-refractivity contribution in [3.05, 3.63) is 83.4 Å². The first-order valence-corrected chi connectivity index (χ1v) is 15.1. The van der Waals surface area contributed by atoms with Crippen molar-refractivity contribution in [2.24, 2.45) is 0 Å². The second-order valence-corrected chi connectivity index (χ2v) is 12.6. The third-order valence-corrected chi connectivity index (χ3v) is 9.72. The Bertz CT molecular complexity index is 1570. The summed E-state index contributed by atoms with van der Waals surface area (Å²) in [5.74, 6) is -0.200. The van der Waals surface area contributed by atoms with Gasteiger partial charge in [-0.05, 0) is 86.9 Å². The molecular formula is C29H33ClN4O3S2. The predicted molar refractivity (Wildman–Crippen MR) is 162 cm³/mol. The van der Waals surface area contributed by atoms with Crippen LogP contribution in [-0.4, -0.2) is 57.9 Å². The summed E-state index contributed by atoms with van der Waals surface area (Å²) in [5.41, 5.74) is 4.29. The number of sulfonamides is 1.